The Morgan fingerprint density at radius 1 is 0.818 bits per heavy atom. The average Bonchev–Trinajstić information content (AvgIpc) is 3.61. The summed E-state index contributed by atoms with van der Waals surface area (Å²) in [7, 11) is -9.27. The van der Waals surface area contributed by atoms with Crippen molar-refractivity contribution in [2.75, 3.05) is 18.0 Å². The van der Waals surface area contributed by atoms with Crippen molar-refractivity contribution in [1.82, 2.24) is 5.06 Å². The number of carbonyl (C=O) groups is 3. The van der Waals surface area contributed by atoms with Gasteiger partial charge in [0.25, 0.3) is 11.8 Å². The number of benzene rings is 2. The van der Waals surface area contributed by atoms with Crippen LogP contribution < -0.4 is 56.3 Å². The summed E-state index contributed by atoms with van der Waals surface area (Å²) in [5.74, 6) is -1.71. The van der Waals surface area contributed by atoms with E-state index in [-0.39, 0.29) is 80.4 Å². The van der Waals surface area contributed by atoms with Gasteiger partial charge in [-0.15, -0.1) is 5.06 Å². The zero-order valence-corrected chi connectivity index (χ0v) is 36.7. The van der Waals surface area contributed by atoms with Crippen molar-refractivity contribution in [3.8, 4) is 0 Å². The molecule has 13 nitrogen and oxygen atoms in total. The zero-order chi connectivity index (χ0) is 39.6. The molecule has 3 aliphatic rings. The van der Waals surface area contributed by atoms with Crippen molar-refractivity contribution in [1.29, 1.82) is 0 Å². The van der Waals surface area contributed by atoms with Crippen LogP contribution in [0.1, 0.15) is 84.3 Å². The topological polar surface area (TPSA) is 184 Å². The van der Waals surface area contributed by atoms with Gasteiger partial charge in [-0.3, -0.25) is 9.59 Å². The fourth-order valence-electron chi connectivity index (χ4n) is 7.21. The van der Waals surface area contributed by atoms with E-state index in [9.17, 15) is 40.3 Å². The number of hydrogen-bond donors (Lipinski definition) is 0. The Hall–Kier alpha value is -3.06. The Morgan fingerprint density at radius 2 is 1.40 bits per heavy atom. The third-order valence-electron chi connectivity index (χ3n) is 10.0. The number of carbonyl (C=O) groups excluding carboxylic acids is 3. The van der Waals surface area contributed by atoms with Gasteiger partial charge in [-0.25, -0.2) is 21.6 Å². The molecule has 0 atom stereocenters. The van der Waals surface area contributed by atoms with Crippen molar-refractivity contribution < 1.29 is 101 Å². The molecule has 0 radical (unpaired) electrons. The van der Waals surface area contributed by atoms with Crippen LogP contribution in [0.25, 0.3) is 0 Å². The zero-order valence-electron chi connectivity index (χ0n) is 31.9. The number of anilines is 1. The third kappa shape index (κ3) is 9.74. The molecule has 2 aromatic rings. The van der Waals surface area contributed by atoms with Crippen LogP contribution in [0, 0.1) is 0 Å². The predicted molar refractivity (Wildman–Crippen MR) is 199 cm³/mol. The molecular formula is C39H44KN3O10S2. The number of hydroxylamine groups is 2. The molecule has 3 heterocycles. The molecule has 0 saturated carbocycles. The molecule has 0 unspecified atom stereocenters. The van der Waals surface area contributed by atoms with Gasteiger partial charge in [0, 0.05) is 66.7 Å². The molecule has 2 amide bonds. The van der Waals surface area contributed by atoms with Crippen molar-refractivity contribution in [2.45, 2.75) is 93.8 Å². The van der Waals surface area contributed by atoms with Crippen molar-refractivity contribution >= 4 is 55.1 Å². The number of allylic oxidation sites excluding steroid dienone is 8. The second kappa shape index (κ2) is 17.6. The van der Waals surface area contributed by atoms with Gasteiger partial charge in [-0.05, 0) is 75.6 Å². The van der Waals surface area contributed by atoms with E-state index in [0.717, 1.165) is 28.3 Å². The van der Waals surface area contributed by atoms with Crippen molar-refractivity contribution in [3.05, 3.63) is 95.8 Å². The normalized spacial score (nSPS) is 18.6. The van der Waals surface area contributed by atoms with Gasteiger partial charge in [0.05, 0.1) is 15.2 Å². The molecule has 0 bridgehead atoms. The summed E-state index contributed by atoms with van der Waals surface area (Å²) in [4.78, 5) is 42.2. The first-order valence-electron chi connectivity index (χ1n) is 17.7. The summed E-state index contributed by atoms with van der Waals surface area (Å²) in [5.41, 5.74) is 3.70. The van der Waals surface area contributed by atoms with Gasteiger partial charge in [0.1, 0.15) is 26.8 Å². The Bertz CT molecular complexity index is 2240. The molecule has 288 valence electrons. The molecule has 1 saturated heterocycles. The van der Waals surface area contributed by atoms with Crippen molar-refractivity contribution in [2.24, 2.45) is 0 Å². The number of unbranched alkanes of at least 4 members (excludes halogenated alkanes) is 2. The van der Waals surface area contributed by atoms with E-state index >= 15 is 0 Å². The number of hydrogen-bond acceptors (Lipinski definition) is 11. The number of likely N-dealkylation sites (N-methyl/N-ethyl adjacent to an activating group) is 1. The fourth-order valence-corrected chi connectivity index (χ4v) is 8.20. The predicted octanol–water partition coefficient (Wildman–Crippen LogP) is 2.41. The van der Waals surface area contributed by atoms with E-state index in [1.807, 2.05) is 77.2 Å². The van der Waals surface area contributed by atoms with Gasteiger partial charge >= 0.3 is 57.4 Å². The van der Waals surface area contributed by atoms with Gasteiger partial charge in [0.15, 0.2) is 5.71 Å². The molecule has 55 heavy (non-hydrogen) atoms. The van der Waals surface area contributed by atoms with Crippen LogP contribution in [0.4, 0.5) is 11.4 Å². The Kier molecular flexibility index (Phi) is 14.3. The molecule has 1 fully saturated rings. The minimum atomic E-state index is -4.68. The van der Waals surface area contributed by atoms with E-state index in [1.165, 1.54) is 24.3 Å². The summed E-state index contributed by atoms with van der Waals surface area (Å²) in [6, 6.07) is 8.84. The van der Waals surface area contributed by atoms with E-state index in [2.05, 4.69) is 9.48 Å². The Labute approximate surface area is 365 Å². The van der Waals surface area contributed by atoms with Crippen molar-refractivity contribution in [3.63, 3.8) is 0 Å². The number of rotatable bonds is 14. The van der Waals surface area contributed by atoms with Crippen LogP contribution in [0.5, 0.6) is 0 Å². The minimum absolute atomic E-state index is 0. The SMILES string of the molecule is CCN1C(=CC=CC=CC=CC2=[N+](CCCCCC(=O)ON3C(=O)CCC3=O)c3ccc(S(=O)(=O)[O-])cc3C2(C)C)C(C)(C)c2cc(S(=O)(=O)[O-])ccc21.[K+]. The maximum atomic E-state index is 12.2. The first-order chi connectivity index (χ1) is 25.3. The number of imide groups is 1. The van der Waals surface area contributed by atoms with E-state index < -0.39 is 48.8 Å². The van der Waals surface area contributed by atoms with E-state index in [4.69, 9.17) is 4.84 Å². The first kappa shape index (κ1) is 44.6. The van der Waals surface area contributed by atoms with E-state index in [0.29, 0.717) is 43.0 Å². The Morgan fingerprint density at radius 3 is 2.02 bits per heavy atom. The number of amides is 2. The largest absolute Gasteiger partial charge is 1.00 e. The van der Waals surface area contributed by atoms with Crippen LogP contribution in [0.2, 0.25) is 0 Å². The van der Waals surface area contributed by atoms with Crippen LogP contribution in [0.15, 0.2) is 94.4 Å². The molecule has 0 aliphatic carbocycles. The van der Waals surface area contributed by atoms with Crippen LogP contribution in [0.3, 0.4) is 0 Å². The molecule has 0 N–H and O–H groups in total. The Balaban J connectivity index is 0.00000673. The van der Waals surface area contributed by atoms with Crippen LogP contribution in [-0.2, 0) is 50.3 Å². The molecular weight excluding hydrogens is 774 g/mol. The summed E-state index contributed by atoms with van der Waals surface area (Å²) in [6.45, 7) is 11.0. The molecule has 2 aromatic carbocycles. The van der Waals surface area contributed by atoms with E-state index in [1.54, 1.807) is 12.1 Å². The molecule has 5 rings (SSSR count). The van der Waals surface area contributed by atoms with Crippen LogP contribution >= 0.6 is 0 Å². The number of fused-ring (bicyclic) bond motifs is 2. The third-order valence-corrected chi connectivity index (χ3v) is 11.7. The van der Waals surface area contributed by atoms with Gasteiger partial charge in [-0.2, -0.15) is 4.58 Å². The molecule has 0 aromatic heterocycles. The second-order valence-corrected chi connectivity index (χ2v) is 17.1. The smallest absolute Gasteiger partial charge is 0.744 e. The summed E-state index contributed by atoms with van der Waals surface area (Å²) in [5, 5.41) is 0.539. The molecule has 0 spiro atoms. The maximum absolute atomic E-state index is 12.2. The fraction of sp³-hybridized carbons (Fsp3) is 0.385. The second-order valence-electron chi connectivity index (χ2n) is 14.3. The molecule has 3 aliphatic heterocycles. The van der Waals surface area contributed by atoms with Gasteiger partial charge in [0.2, 0.25) is 5.69 Å². The quantitative estimate of drug-likeness (QED) is 0.0682. The monoisotopic (exact) mass is 817 g/mol. The number of nitrogens with zero attached hydrogens (tertiary/aromatic N) is 3. The first-order valence-corrected chi connectivity index (χ1v) is 20.5. The maximum Gasteiger partial charge on any atom is 1.00 e. The molecule has 16 heteroatoms. The minimum Gasteiger partial charge on any atom is -0.744 e. The van der Waals surface area contributed by atoms with Gasteiger partial charge in [-0.1, -0.05) is 44.2 Å². The summed E-state index contributed by atoms with van der Waals surface area (Å²) in [6.07, 6.45) is 15.0. The van der Waals surface area contributed by atoms with Crippen LogP contribution in [-0.4, -0.2) is 72.2 Å². The van der Waals surface area contributed by atoms with Gasteiger partial charge < -0.3 is 18.8 Å². The average molecular weight is 818 g/mol. The standard InChI is InChI=1S/C39H45N3O10S2.K/c1-6-40-31-20-18-27(53(46,47)48)25-29(31)38(2,3)33(40)15-11-8-7-9-12-16-34-39(4,5)30-26-28(54(49,50)51)19-21-32(30)41(34)24-14-10-13-17-37(45)52-42-35(43)22-23-36(42)44;/h7-9,11-12,15-16,18-21,25-26H,6,10,13-14,17,22-24H2,1-5H3,(H-,46,47,48,49,50,51);/q;+1/p-1. The summed E-state index contributed by atoms with van der Waals surface area (Å²) < 4.78 is 72.8. The summed E-state index contributed by atoms with van der Waals surface area (Å²) >= 11 is 0.